The summed E-state index contributed by atoms with van der Waals surface area (Å²) in [4.78, 5) is 14.7. The molecule has 1 heterocycles. The van der Waals surface area contributed by atoms with Gasteiger partial charge in [0, 0.05) is 18.7 Å². The predicted octanol–water partition coefficient (Wildman–Crippen LogP) is 2.71. The fraction of sp³-hybridized carbons (Fsp3) is 0.381. The second-order valence-electron chi connectivity index (χ2n) is 6.76. The maximum Gasteiger partial charge on any atom is 0.254 e. The molecule has 29 heavy (non-hydrogen) atoms. The van der Waals surface area contributed by atoms with Gasteiger partial charge in [-0.1, -0.05) is 30.3 Å². The van der Waals surface area contributed by atoms with E-state index in [-0.39, 0.29) is 18.2 Å². The van der Waals surface area contributed by atoms with E-state index >= 15 is 0 Å². The lowest BCUT2D eigenvalue weighted by molar-refractivity contribution is 0.0765. The van der Waals surface area contributed by atoms with Crippen molar-refractivity contribution in [2.24, 2.45) is 0 Å². The summed E-state index contributed by atoms with van der Waals surface area (Å²) in [6.07, 6.45) is 0.350. The second kappa shape index (κ2) is 8.73. The van der Waals surface area contributed by atoms with Gasteiger partial charge in [0.25, 0.3) is 5.91 Å². The van der Waals surface area contributed by atoms with Gasteiger partial charge in [-0.2, -0.15) is 0 Å². The Kier molecular flexibility index (Phi) is 6.32. The van der Waals surface area contributed by atoms with Crippen LogP contribution in [-0.2, 0) is 9.84 Å². The van der Waals surface area contributed by atoms with Gasteiger partial charge in [-0.15, -0.1) is 0 Å². The van der Waals surface area contributed by atoms with Gasteiger partial charge in [0.1, 0.15) is 0 Å². The number of ether oxygens (including phenoxy) is 3. The number of sulfone groups is 1. The molecule has 156 valence electrons. The van der Waals surface area contributed by atoms with Crippen molar-refractivity contribution in [1.82, 2.24) is 4.90 Å². The molecule has 1 saturated heterocycles. The Bertz CT molecular complexity index is 949. The lowest BCUT2D eigenvalue weighted by Gasteiger charge is -2.21. The highest BCUT2D eigenvalue weighted by Crippen LogP contribution is 2.38. The molecule has 3 rings (SSSR count). The Morgan fingerprint density at radius 3 is 2.14 bits per heavy atom. The fourth-order valence-corrected chi connectivity index (χ4v) is 5.37. The number of amides is 1. The summed E-state index contributed by atoms with van der Waals surface area (Å²) >= 11 is 0. The van der Waals surface area contributed by atoms with E-state index < -0.39 is 15.1 Å². The first kappa shape index (κ1) is 21.0. The number of hydrogen-bond acceptors (Lipinski definition) is 6. The molecule has 0 aliphatic carbocycles. The topological polar surface area (TPSA) is 82.1 Å². The molecular formula is C21H25NO6S. The number of carbonyl (C=O) groups excluding carboxylic acids is 1. The van der Waals surface area contributed by atoms with Gasteiger partial charge in [-0.05, 0) is 24.1 Å². The third kappa shape index (κ3) is 4.32. The zero-order chi connectivity index (χ0) is 21.0. The zero-order valence-corrected chi connectivity index (χ0v) is 17.6. The Balaban J connectivity index is 1.88. The molecule has 1 aliphatic rings. The Hall–Kier alpha value is -2.74. The smallest absolute Gasteiger partial charge is 0.254 e. The molecule has 0 radical (unpaired) electrons. The second-order valence-corrected chi connectivity index (χ2v) is 9.06. The molecule has 0 saturated carbocycles. The first-order chi connectivity index (χ1) is 13.9. The van der Waals surface area contributed by atoms with E-state index in [0.29, 0.717) is 35.8 Å². The molecule has 1 aliphatic heterocycles. The van der Waals surface area contributed by atoms with Crippen LogP contribution in [0.5, 0.6) is 17.2 Å². The van der Waals surface area contributed by atoms with Gasteiger partial charge in [0.15, 0.2) is 21.3 Å². The lowest BCUT2D eigenvalue weighted by Crippen LogP contribution is -2.33. The van der Waals surface area contributed by atoms with Crippen molar-refractivity contribution in [3.8, 4) is 17.2 Å². The zero-order valence-electron chi connectivity index (χ0n) is 16.8. The van der Waals surface area contributed by atoms with Gasteiger partial charge in [-0.3, -0.25) is 4.79 Å². The minimum Gasteiger partial charge on any atom is -0.493 e. The normalized spacial score (nSPS) is 18.6. The molecule has 0 spiro atoms. The van der Waals surface area contributed by atoms with Gasteiger partial charge in [-0.25, -0.2) is 8.42 Å². The van der Waals surface area contributed by atoms with Crippen molar-refractivity contribution in [2.45, 2.75) is 11.7 Å². The quantitative estimate of drug-likeness (QED) is 0.741. The van der Waals surface area contributed by atoms with Crippen LogP contribution in [-0.4, -0.2) is 59.4 Å². The third-order valence-corrected chi connectivity index (χ3v) is 7.24. The average Bonchev–Trinajstić information content (AvgIpc) is 2.90. The molecule has 1 amide bonds. The van der Waals surface area contributed by atoms with Gasteiger partial charge in [0.2, 0.25) is 5.75 Å². The first-order valence-corrected chi connectivity index (χ1v) is 11.0. The number of rotatable bonds is 5. The Labute approximate surface area is 171 Å². The average molecular weight is 419 g/mol. The molecule has 2 aromatic carbocycles. The molecule has 0 unspecified atom stereocenters. The van der Waals surface area contributed by atoms with Crippen LogP contribution in [0, 0.1) is 0 Å². The standard InChI is InChI=1S/C21H25NO6S/c1-26-17-13-16(14-18(27-2)20(17)28-3)21(23)22-10-9-19(29(24,25)12-11-22)15-7-5-4-6-8-15/h4-8,13-14,19H,9-12H2,1-3H3/t19-/m0/s1. The number of benzene rings is 2. The van der Waals surface area contributed by atoms with E-state index in [4.69, 9.17) is 14.2 Å². The van der Waals surface area contributed by atoms with E-state index in [9.17, 15) is 13.2 Å². The highest BCUT2D eigenvalue weighted by atomic mass is 32.2. The molecule has 1 atom stereocenters. The predicted molar refractivity (Wildman–Crippen MR) is 110 cm³/mol. The molecule has 0 aromatic heterocycles. The highest BCUT2D eigenvalue weighted by Gasteiger charge is 2.33. The third-order valence-electron chi connectivity index (χ3n) is 5.11. The molecule has 0 bridgehead atoms. The Morgan fingerprint density at radius 1 is 0.966 bits per heavy atom. The molecule has 2 aromatic rings. The van der Waals surface area contributed by atoms with Crippen molar-refractivity contribution in [2.75, 3.05) is 40.2 Å². The van der Waals surface area contributed by atoms with E-state index in [0.717, 1.165) is 5.56 Å². The van der Waals surface area contributed by atoms with Crippen LogP contribution >= 0.6 is 0 Å². The van der Waals surface area contributed by atoms with Gasteiger partial charge < -0.3 is 19.1 Å². The van der Waals surface area contributed by atoms with E-state index in [1.54, 1.807) is 17.0 Å². The summed E-state index contributed by atoms with van der Waals surface area (Å²) in [6, 6.07) is 12.3. The minimum atomic E-state index is -3.36. The van der Waals surface area contributed by atoms with Gasteiger partial charge in [0.05, 0.1) is 32.3 Å². The largest absolute Gasteiger partial charge is 0.493 e. The maximum atomic E-state index is 13.1. The first-order valence-electron chi connectivity index (χ1n) is 9.27. The molecule has 7 nitrogen and oxygen atoms in total. The SMILES string of the molecule is COc1cc(C(=O)N2CC[C@@H](c3ccccc3)S(=O)(=O)CC2)cc(OC)c1OC. The van der Waals surface area contributed by atoms with E-state index in [2.05, 4.69) is 0 Å². The van der Waals surface area contributed by atoms with E-state index in [1.807, 2.05) is 30.3 Å². The van der Waals surface area contributed by atoms with Crippen LogP contribution in [0.15, 0.2) is 42.5 Å². The minimum absolute atomic E-state index is 0.0806. The lowest BCUT2D eigenvalue weighted by atomic mass is 10.1. The van der Waals surface area contributed by atoms with Crippen LogP contribution in [0.1, 0.15) is 27.6 Å². The molecule has 8 heteroatoms. The summed E-state index contributed by atoms with van der Waals surface area (Å²) in [5.41, 5.74) is 1.12. The monoisotopic (exact) mass is 419 g/mol. The van der Waals surface area contributed by atoms with Crippen LogP contribution in [0.2, 0.25) is 0 Å². The number of nitrogens with zero attached hydrogens (tertiary/aromatic N) is 1. The fourth-order valence-electron chi connectivity index (χ4n) is 3.58. The molecular weight excluding hydrogens is 394 g/mol. The summed E-state index contributed by atoms with van der Waals surface area (Å²) in [5.74, 6) is 0.796. The number of carbonyl (C=O) groups is 1. The Morgan fingerprint density at radius 2 is 1.59 bits per heavy atom. The number of methoxy groups -OCH3 is 3. The van der Waals surface area contributed by atoms with Crippen LogP contribution in [0.3, 0.4) is 0 Å². The molecule has 1 fully saturated rings. The molecule has 0 N–H and O–H groups in total. The summed E-state index contributed by atoms with van der Waals surface area (Å²) in [7, 11) is 1.09. The maximum absolute atomic E-state index is 13.1. The van der Waals surface area contributed by atoms with E-state index in [1.165, 1.54) is 21.3 Å². The summed E-state index contributed by atoms with van der Waals surface area (Å²) in [5, 5.41) is -0.610. The number of hydrogen-bond donors (Lipinski definition) is 0. The highest BCUT2D eigenvalue weighted by molar-refractivity contribution is 7.91. The van der Waals surface area contributed by atoms with Crippen molar-refractivity contribution in [3.05, 3.63) is 53.6 Å². The van der Waals surface area contributed by atoms with Crippen molar-refractivity contribution < 1.29 is 27.4 Å². The van der Waals surface area contributed by atoms with Gasteiger partial charge >= 0.3 is 0 Å². The van der Waals surface area contributed by atoms with Crippen molar-refractivity contribution in [3.63, 3.8) is 0 Å². The summed E-state index contributed by atoms with van der Waals surface area (Å²) in [6.45, 7) is 0.482. The van der Waals surface area contributed by atoms with Crippen LogP contribution in [0.25, 0.3) is 0 Å². The van der Waals surface area contributed by atoms with Crippen molar-refractivity contribution in [1.29, 1.82) is 0 Å². The van der Waals surface area contributed by atoms with Crippen LogP contribution in [0.4, 0.5) is 0 Å². The van der Waals surface area contributed by atoms with Crippen LogP contribution < -0.4 is 14.2 Å². The summed E-state index contributed by atoms with van der Waals surface area (Å²) < 4.78 is 41.5. The van der Waals surface area contributed by atoms with Crippen molar-refractivity contribution >= 4 is 15.7 Å².